The first kappa shape index (κ1) is 21.4. The minimum atomic E-state index is -1.07. The average molecular weight is 454 g/mol. The molecule has 1 heterocycles. The van der Waals surface area contributed by atoms with Gasteiger partial charge in [-0.1, -0.05) is 23.2 Å². The van der Waals surface area contributed by atoms with Gasteiger partial charge in [0.25, 0.3) is 5.91 Å². The van der Waals surface area contributed by atoms with Gasteiger partial charge in [0.05, 0.1) is 10.0 Å². The summed E-state index contributed by atoms with van der Waals surface area (Å²) in [7, 11) is 0. The van der Waals surface area contributed by atoms with E-state index in [1.54, 1.807) is 0 Å². The van der Waals surface area contributed by atoms with Gasteiger partial charge in [0.2, 0.25) is 5.91 Å². The molecule has 4 bridgehead atoms. The van der Waals surface area contributed by atoms with E-state index in [4.69, 9.17) is 27.9 Å². The highest BCUT2D eigenvalue weighted by Gasteiger charge is 2.54. The van der Waals surface area contributed by atoms with Crippen molar-refractivity contribution in [3.05, 3.63) is 22.3 Å². The van der Waals surface area contributed by atoms with Crippen LogP contribution in [0.1, 0.15) is 45.4 Å². The summed E-state index contributed by atoms with van der Waals surface area (Å²) < 4.78 is 5.15. The normalized spacial score (nSPS) is 29.9. The zero-order chi connectivity index (χ0) is 21.5. The second-order valence-corrected chi connectivity index (χ2v) is 9.83. The van der Waals surface area contributed by atoms with Crippen molar-refractivity contribution in [2.75, 3.05) is 11.9 Å². The Balaban J connectivity index is 1.26. The molecule has 1 aromatic heterocycles. The minimum absolute atomic E-state index is 0.0483. The average Bonchev–Trinajstić information content (AvgIpc) is 2.67. The maximum Gasteiger partial charge on any atom is 0.326 e. The Morgan fingerprint density at radius 3 is 2.33 bits per heavy atom. The number of hydrogen-bond donors (Lipinski definition) is 2. The van der Waals surface area contributed by atoms with Crippen LogP contribution >= 0.6 is 23.2 Å². The summed E-state index contributed by atoms with van der Waals surface area (Å²) in [6.07, 6.45) is 6.78. The fraction of sp³-hybridized carbons (Fsp3) is 0.619. The number of aromatic nitrogens is 1. The summed E-state index contributed by atoms with van der Waals surface area (Å²) in [6, 6.07) is 1.45. The van der Waals surface area contributed by atoms with E-state index in [9.17, 15) is 14.4 Å². The quantitative estimate of drug-likeness (QED) is 0.641. The van der Waals surface area contributed by atoms with Gasteiger partial charge in [-0.25, -0.2) is 4.98 Å². The topological polar surface area (TPSA) is 97.4 Å². The number of amides is 2. The number of pyridine rings is 1. The van der Waals surface area contributed by atoms with Gasteiger partial charge in [0.15, 0.2) is 11.9 Å². The Bertz CT molecular complexity index is 841. The van der Waals surface area contributed by atoms with Crippen LogP contribution in [0.3, 0.4) is 0 Å². The minimum Gasteiger partial charge on any atom is -0.451 e. The van der Waals surface area contributed by atoms with Gasteiger partial charge in [-0.15, -0.1) is 0 Å². The van der Waals surface area contributed by atoms with Crippen molar-refractivity contribution < 1.29 is 19.1 Å². The molecule has 2 amide bonds. The van der Waals surface area contributed by atoms with E-state index in [1.165, 1.54) is 38.4 Å². The monoisotopic (exact) mass is 453 g/mol. The number of esters is 1. The lowest BCUT2D eigenvalue weighted by atomic mass is 9.49. The lowest BCUT2D eigenvalue weighted by Crippen LogP contribution is -2.54. The molecule has 2 N–H and O–H groups in total. The Hall–Kier alpha value is -1.86. The second kappa shape index (κ2) is 8.35. The van der Waals surface area contributed by atoms with Gasteiger partial charge >= 0.3 is 5.97 Å². The van der Waals surface area contributed by atoms with Crippen LogP contribution in [0.5, 0.6) is 0 Å². The summed E-state index contributed by atoms with van der Waals surface area (Å²) in [5, 5.41) is 5.76. The molecule has 0 radical (unpaired) electrons. The molecule has 0 saturated heterocycles. The third-order valence-electron chi connectivity index (χ3n) is 6.64. The van der Waals surface area contributed by atoms with E-state index in [0.717, 1.165) is 19.3 Å². The number of hydrogen-bond acceptors (Lipinski definition) is 5. The molecule has 162 valence electrons. The number of nitrogens with one attached hydrogen (secondary N) is 2. The van der Waals surface area contributed by atoms with Gasteiger partial charge in [-0.3, -0.25) is 14.4 Å². The number of rotatable bonds is 6. The van der Waals surface area contributed by atoms with Crippen molar-refractivity contribution in [2.24, 2.45) is 23.2 Å². The molecule has 1 aromatic rings. The van der Waals surface area contributed by atoms with E-state index in [1.807, 2.05) is 0 Å². The van der Waals surface area contributed by atoms with Crippen LogP contribution in [0.4, 0.5) is 5.82 Å². The van der Waals surface area contributed by atoms with Gasteiger partial charge in [-0.2, -0.15) is 0 Å². The van der Waals surface area contributed by atoms with Gasteiger partial charge in [0, 0.05) is 11.6 Å². The molecule has 1 atom stereocenters. The second-order valence-electron chi connectivity index (χ2n) is 8.99. The van der Waals surface area contributed by atoms with Crippen molar-refractivity contribution in [3.8, 4) is 0 Å². The molecule has 0 aliphatic heterocycles. The Morgan fingerprint density at radius 2 is 1.77 bits per heavy atom. The fourth-order valence-electron chi connectivity index (χ4n) is 5.75. The lowest BCUT2D eigenvalue weighted by molar-refractivity contribution is -0.155. The molecule has 0 unspecified atom stereocenters. The highest BCUT2D eigenvalue weighted by Crippen LogP contribution is 2.60. The number of carbonyl (C=O) groups excluding carboxylic acids is 3. The summed E-state index contributed by atoms with van der Waals surface area (Å²) >= 11 is 11.8. The van der Waals surface area contributed by atoms with Crippen molar-refractivity contribution in [3.63, 3.8) is 0 Å². The molecule has 7 nitrogen and oxygen atoms in total. The smallest absolute Gasteiger partial charge is 0.326 e. The largest absolute Gasteiger partial charge is 0.451 e. The van der Waals surface area contributed by atoms with Gasteiger partial charge < -0.3 is 15.4 Å². The maximum absolute atomic E-state index is 12.9. The van der Waals surface area contributed by atoms with E-state index in [-0.39, 0.29) is 28.7 Å². The molecule has 0 spiro atoms. The Kier molecular flexibility index (Phi) is 5.95. The van der Waals surface area contributed by atoms with Gasteiger partial charge in [-0.05, 0) is 69.3 Å². The molecule has 5 rings (SSSR count). The number of halogens is 2. The van der Waals surface area contributed by atoms with Crippen LogP contribution in [0.2, 0.25) is 10.0 Å². The van der Waals surface area contributed by atoms with E-state index in [2.05, 4.69) is 15.6 Å². The molecular formula is C21H25Cl2N3O4. The highest BCUT2D eigenvalue weighted by molar-refractivity contribution is 6.36. The maximum atomic E-state index is 12.9. The zero-order valence-electron chi connectivity index (χ0n) is 16.7. The number of anilines is 1. The van der Waals surface area contributed by atoms with Crippen LogP contribution in [-0.4, -0.2) is 35.4 Å². The third-order valence-corrected chi connectivity index (χ3v) is 7.13. The Labute approximate surface area is 185 Å². The zero-order valence-corrected chi connectivity index (χ0v) is 18.3. The van der Waals surface area contributed by atoms with Crippen LogP contribution in [-0.2, 0) is 19.1 Å². The first-order valence-corrected chi connectivity index (χ1v) is 11.1. The van der Waals surface area contributed by atoms with E-state index in [0.29, 0.717) is 22.8 Å². The SMILES string of the molecule is C[C@@H](OC(=O)CNC(=O)C12CC3CC(CC(C3)C1)C2)C(=O)Nc1ncc(Cl)cc1Cl. The molecule has 30 heavy (non-hydrogen) atoms. The lowest BCUT2D eigenvalue weighted by Gasteiger charge is -2.55. The van der Waals surface area contributed by atoms with Crippen LogP contribution in [0.15, 0.2) is 12.3 Å². The molecule has 9 heteroatoms. The predicted octanol–water partition coefficient (Wildman–Crippen LogP) is 3.59. The predicted molar refractivity (Wildman–Crippen MR) is 112 cm³/mol. The van der Waals surface area contributed by atoms with Gasteiger partial charge in [0.1, 0.15) is 6.54 Å². The molecule has 4 aliphatic rings. The standard InChI is InChI=1S/C21H25Cl2N3O4/c1-11(19(28)26-18-16(23)5-15(22)9-24-18)30-17(27)10-25-20(29)21-6-12-2-13(7-21)4-14(3-12)8-21/h5,9,11-14H,2-4,6-8,10H2,1H3,(H,25,29)(H,24,26,28)/t11-,12?,13?,14?,21?/m1/s1. The molecular weight excluding hydrogens is 429 g/mol. The molecule has 0 aromatic carbocycles. The molecule has 4 saturated carbocycles. The van der Waals surface area contributed by atoms with Crippen LogP contribution in [0, 0.1) is 23.2 Å². The summed E-state index contributed by atoms with van der Waals surface area (Å²) in [4.78, 5) is 41.3. The number of ether oxygens (including phenoxy) is 1. The summed E-state index contributed by atoms with van der Waals surface area (Å²) in [5.41, 5.74) is -0.324. The fourth-order valence-corrected chi connectivity index (χ4v) is 6.17. The van der Waals surface area contributed by atoms with Crippen molar-refractivity contribution in [2.45, 2.75) is 51.6 Å². The summed E-state index contributed by atoms with van der Waals surface area (Å²) in [6.45, 7) is 1.19. The first-order chi connectivity index (χ1) is 14.2. The molecule has 4 fully saturated rings. The van der Waals surface area contributed by atoms with Crippen LogP contribution < -0.4 is 10.6 Å². The Morgan fingerprint density at radius 1 is 1.17 bits per heavy atom. The van der Waals surface area contributed by atoms with Crippen molar-refractivity contribution in [1.29, 1.82) is 0 Å². The number of carbonyl (C=O) groups is 3. The summed E-state index contributed by atoms with van der Waals surface area (Å²) in [5.74, 6) is 0.776. The van der Waals surface area contributed by atoms with Crippen molar-refractivity contribution in [1.82, 2.24) is 10.3 Å². The van der Waals surface area contributed by atoms with Crippen molar-refractivity contribution >= 4 is 46.8 Å². The first-order valence-electron chi connectivity index (χ1n) is 10.3. The third kappa shape index (κ3) is 4.42. The number of nitrogens with zero attached hydrogens (tertiary/aromatic N) is 1. The van der Waals surface area contributed by atoms with E-state index < -0.39 is 18.0 Å². The van der Waals surface area contributed by atoms with E-state index >= 15 is 0 Å². The highest BCUT2D eigenvalue weighted by atomic mass is 35.5. The molecule has 4 aliphatic carbocycles. The van der Waals surface area contributed by atoms with Crippen LogP contribution in [0.25, 0.3) is 0 Å².